The number of carbonyl (C=O) groups is 1. The molecule has 7 heteroatoms. The molecule has 0 spiro atoms. The van der Waals surface area contributed by atoms with Crippen LogP contribution in [0.2, 0.25) is 0 Å². The van der Waals surface area contributed by atoms with Gasteiger partial charge in [-0.15, -0.1) is 0 Å². The third-order valence-corrected chi connectivity index (χ3v) is 6.74. The summed E-state index contributed by atoms with van der Waals surface area (Å²) >= 11 is 1.31. The molecule has 2 aliphatic rings. The predicted molar refractivity (Wildman–Crippen MR) is 135 cm³/mol. The molecule has 0 radical (unpaired) electrons. The van der Waals surface area contributed by atoms with E-state index in [0.717, 1.165) is 38.8 Å². The molecule has 3 aromatic rings. The van der Waals surface area contributed by atoms with E-state index in [1.54, 1.807) is 6.08 Å². The maximum atomic E-state index is 12.9. The summed E-state index contributed by atoms with van der Waals surface area (Å²) in [6, 6.07) is 18.4. The van der Waals surface area contributed by atoms with E-state index < -0.39 is 5.91 Å². The van der Waals surface area contributed by atoms with Gasteiger partial charge in [0.2, 0.25) is 5.17 Å². The Hall–Kier alpha value is -3.71. The lowest BCUT2D eigenvalue weighted by Crippen LogP contribution is -2.35. The van der Waals surface area contributed by atoms with Crippen molar-refractivity contribution in [3.05, 3.63) is 93.8 Å². The molecule has 0 atom stereocenters. The molecule has 2 aliphatic heterocycles. The van der Waals surface area contributed by atoms with Crippen LogP contribution in [0.5, 0.6) is 0 Å². The van der Waals surface area contributed by atoms with Gasteiger partial charge in [-0.2, -0.15) is 15.1 Å². The monoisotopic (exact) mass is 453 g/mol. The summed E-state index contributed by atoms with van der Waals surface area (Å²) in [5.41, 5.74) is 7.51. The molecule has 1 N–H and O–H groups in total. The summed E-state index contributed by atoms with van der Waals surface area (Å²) in [4.78, 5) is 17.1. The van der Waals surface area contributed by atoms with Crippen molar-refractivity contribution in [3.8, 4) is 5.69 Å². The second kappa shape index (κ2) is 8.01. The molecule has 5 rings (SSSR count). The summed E-state index contributed by atoms with van der Waals surface area (Å²) in [5, 5.41) is 15.9. The zero-order valence-electron chi connectivity index (χ0n) is 18.9. The Kier molecular flexibility index (Phi) is 5.13. The SMILES string of the molecule is Cc1ccc(-n2c(C)cc(C=C3C(=N)N4N=C(c5cccc(C)c5)SC4=NC3=O)c2C)cc1. The predicted octanol–water partition coefficient (Wildman–Crippen LogP) is 5.38. The first-order valence-electron chi connectivity index (χ1n) is 10.6. The largest absolute Gasteiger partial charge is 0.318 e. The number of carbonyl (C=O) groups excluding carboxylic acids is 1. The molecular weight excluding hydrogens is 430 g/mol. The highest BCUT2D eigenvalue weighted by Crippen LogP contribution is 2.32. The molecule has 3 heterocycles. The third kappa shape index (κ3) is 3.74. The van der Waals surface area contributed by atoms with Crippen LogP contribution in [0.15, 0.2) is 70.3 Å². The van der Waals surface area contributed by atoms with Crippen molar-refractivity contribution in [1.82, 2.24) is 9.58 Å². The lowest BCUT2D eigenvalue weighted by Gasteiger charge is -2.20. The number of nitrogens with one attached hydrogen (secondary N) is 1. The molecule has 0 fully saturated rings. The Balaban J connectivity index is 1.51. The van der Waals surface area contributed by atoms with Gasteiger partial charge < -0.3 is 4.57 Å². The van der Waals surface area contributed by atoms with Crippen LogP contribution in [-0.2, 0) is 4.79 Å². The van der Waals surface area contributed by atoms with Crippen LogP contribution >= 0.6 is 11.8 Å². The van der Waals surface area contributed by atoms with Gasteiger partial charge in [0.05, 0.1) is 5.57 Å². The van der Waals surface area contributed by atoms with Crippen molar-refractivity contribution in [3.63, 3.8) is 0 Å². The first kappa shape index (κ1) is 21.2. The van der Waals surface area contributed by atoms with Crippen LogP contribution < -0.4 is 0 Å². The number of aryl methyl sites for hydroxylation is 3. The zero-order valence-corrected chi connectivity index (χ0v) is 19.7. The van der Waals surface area contributed by atoms with Crippen molar-refractivity contribution >= 4 is 39.8 Å². The topological polar surface area (TPSA) is 73.8 Å². The molecule has 1 aromatic heterocycles. The lowest BCUT2D eigenvalue weighted by atomic mass is 10.1. The molecular formula is C26H23N5OS. The fraction of sp³-hybridized carbons (Fsp3) is 0.154. The highest BCUT2D eigenvalue weighted by atomic mass is 32.2. The van der Waals surface area contributed by atoms with Gasteiger partial charge in [-0.05, 0) is 75.4 Å². The van der Waals surface area contributed by atoms with E-state index in [9.17, 15) is 4.79 Å². The van der Waals surface area contributed by atoms with Gasteiger partial charge in [0.25, 0.3) is 5.91 Å². The smallest absolute Gasteiger partial charge is 0.283 e. The number of amidine groups is 2. The average Bonchev–Trinajstić information content (AvgIpc) is 3.33. The maximum absolute atomic E-state index is 12.9. The summed E-state index contributed by atoms with van der Waals surface area (Å²) in [6.45, 7) is 8.14. The van der Waals surface area contributed by atoms with Crippen molar-refractivity contribution in [2.24, 2.45) is 10.1 Å². The van der Waals surface area contributed by atoms with Crippen molar-refractivity contribution < 1.29 is 4.79 Å². The molecule has 2 aromatic carbocycles. The molecule has 0 unspecified atom stereocenters. The number of aliphatic imine (C=N–C) groups is 1. The van der Waals surface area contributed by atoms with E-state index >= 15 is 0 Å². The average molecular weight is 454 g/mol. The number of thioether (sulfide) groups is 1. The van der Waals surface area contributed by atoms with E-state index in [1.807, 2.05) is 51.1 Å². The summed E-state index contributed by atoms with van der Waals surface area (Å²) in [5.74, 6) is -0.375. The first-order chi connectivity index (χ1) is 15.8. The van der Waals surface area contributed by atoms with Crippen LogP contribution in [0.3, 0.4) is 0 Å². The van der Waals surface area contributed by atoms with Crippen LogP contribution in [0.1, 0.15) is 33.6 Å². The normalized spacial score (nSPS) is 16.8. The Labute approximate surface area is 196 Å². The zero-order chi connectivity index (χ0) is 23.3. The molecule has 33 heavy (non-hydrogen) atoms. The molecule has 0 bridgehead atoms. The maximum Gasteiger partial charge on any atom is 0.283 e. The van der Waals surface area contributed by atoms with E-state index in [-0.39, 0.29) is 11.4 Å². The number of amides is 1. The van der Waals surface area contributed by atoms with Gasteiger partial charge in [-0.1, -0.05) is 41.5 Å². The van der Waals surface area contributed by atoms with Crippen molar-refractivity contribution in [2.45, 2.75) is 27.7 Å². The van der Waals surface area contributed by atoms with E-state index in [1.165, 1.54) is 22.3 Å². The number of rotatable bonds is 3. The van der Waals surface area contributed by atoms with Gasteiger partial charge in [-0.25, -0.2) is 0 Å². The fourth-order valence-electron chi connectivity index (χ4n) is 4.07. The minimum atomic E-state index is -0.417. The second-order valence-corrected chi connectivity index (χ2v) is 9.25. The molecule has 0 aliphatic carbocycles. The number of aromatic nitrogens is 1. The van der Waals surface area contributed by atoms with Crippen LogP contribution in [0.25, 0.3) is 11.8 Å². The number of hydrazone groups is 1. The Morgan fingerprint density at radius 2 is 1.73 bits per heavy atom. The number of hydrogen-bond acceptors (Lipinski definition) is 4. The highest BCUT2D eigenvalue weighted by Gasteiger charge is 2.36. The molecule has 0 saturated carbocycles. The Morgan fingerprint density at radius 3 is 2.45 bits per heavy atom. The highest BCUT2D eigenvalue weighted by molar-refractivity contribution is 8.27. The standard InChI is InChI=1S/C26H23N5OS/c1-15-8-10-21(11-9-15)30-17(3)13-20(18(30)4)14-22-23(27)31-26(28-24(22)32)33-25(29-31)19-7-5-6-16(2)12-19/h5-14,27H,1-4H3. The van der Waals surface area contributed by atoms with E-state index in [4.69, 9.17) is 5.41 Å². The summed E-state index contributed by atoms with van der Waals surface area (Å²) in [6.07, 6.45) is 1.75. The molecule has 1 amide bonds. The molecule has 164 valence electrons. The molecule has 0 saturated heterocycles. The Bertz CT molecular complexity index is 1410. The minimum absolute atomic E-state index is 0.0419. The van der Waals surface area contributed by atoms with E-state index in [0.29, 0.717) is 5.17 Å². The van der Waals surface area contributed by atoms with Crippen molar-refractivity contribution in [1.29, 1.82) is 5.41 Å². The third-order valence-electron chi connectivity index (χ3n) is 5.78. The van der Waals surface area contributed by atoms with Gasteiger partial charge in [0, 0.05) is 22.6 Å². The van der Waals surface area contributed by atoms with Gasteiger partial charge in [0.1, 0.15) is 5.04 Å². The first-order valence-corrected chi connectivity index (χ1v) is 11.5. The summed E-state index contributed by atoms with van der Waals surface area (Å²) in [7, 11) is 0. The second-order valence-electron chi connectivity index (χ2n) is 8.29. The van der Waals surface area contributed by atoms with Gasteiger partial charge in [0.15, 0.2) is 5.84 Å². The van der Waals surface area contributed by atoms with Crippen LogP contribution in [0, 0.1) is 33.1 Å². The van der Waals surface area contributed by atoms with E-state index in [2.05, 4.69) is 45.9 Å². The number of fused-ring (bicyclic) bond motifs is 1. The number of hydrogen-bond donors (Lipinski definition) is 1. The van der Waals surface area contributed by atoms with Gasteiger partial charge in [-0.3, -0.25) is 10.2 Å². The number of nitrogens with zero attached hydrogens (tertiary/aromatic N) is 4. The Morgan fingerprint density at radius 1 is 0.970 bits per heavy atom. The summed E-state index contributed by atoms with van der Waals surface area (Å²) < 4.78 is 2.15. The van der Waals surface area contributed by atoms with Gasteiger partial charge >= 0.3 is 0 Å². The number of benzene rings is 2. The molecule has 6 nitrogen and oxygen atoms in total. The van der Waals surface area contributed by atoms with Crippen LogP contribution in [-0.4, -0.2) is 31.5 Å². The lowest BCUT2D eigenvalue weighted by molar-refractivity contribution is -0.114. The van der Waals surface area contributed by atoms with Crippen LogP contribution in [0.4, 0.5) is 0 Å². The van der Waals surface area contributed by atoms with Crippen molar-refractivity contribution in [2.75, 3.05) is 0 Å². The quantitative estimate of drug-likeness (QED) is 0.541. The minimum Gasteiger partial charge on any atom is -0.318 e. The fourth-order valence-corrected chi connectivity index (χ4v) is 4.95.